The van der Waals surface area contributed by atoms with Crippen molar-refractivity contribution < 1.29 is 9.59 Å². The minimum absolute atomic E-state index is 0.129. The zero-order chi connectivity index (χ0) is 8.27. The maximum atomic E-state index is 11.0. The van der Waals surface area contributed by atoms with Crippen molar-refractivity contribution in [2.75, 3.05) is 19.6 Å². The lowest BCUT2D eigenvalue weighted by Gasteiger charge is -2.29. The minimum Gasteiger partial charge on any atom is -0.338 e. The van der Waals surface area contributed by atoms with Gasteiger partial charge >= 0.3 is 6.03 Å². The highest BCUT2D eigenvalue weighted by Crippen LogP contribution is 2.03. The van der Waals surface area contributed by atoms with Crippen LogP contribution in [0.2, 0.25) is 0 Å². The van der Waals surface area contributed by atoms with Gasteiger partial charge in [-0.1, -0.05) is 6.92 Å². The van der Waals surface area contributed by atoms with Gasteiger partial charge in [-0.2, -0.15) is 0 Å². The van der Waals surface area contributed by atoms with E-state index < -0.39 is 0 Å². The molecule has 0 aromatic rings. The average Bonchev–Trinajstić information content (AvgIpc) is 1.98. The van der Waals surface area contributed by atoms with Gasteiger partial charge in [0, 0.05) is 13.1 Å². The largest absolute Gasteiger partial charge is 0.338 e. The molecule has 1 aliphatic rings. The van der Waals surface area contributed by atoms with E-state index in [1.54, 1.807) is 0 Å². The Morgan fingerprint density at radius 2 is 2.55 bits per heavy atom. The zero-order valence-electron chi connectivity index (χ0n) is 6.54. The number of nitrogens with zero attached hydrogens (tertiary/aromatic N) is 1. The molecule has 2 amide bonds. The lowest BCUT2D eigenvalue weighted by Crippen LogP contribution is -2.50. The highest BCUT2D eigenvalue weighted by atomic mass is 16.2. The molecular formula is C7H12N2O2. The van der Waals surface area contributed by atoms with Crippen molar-refractivity contribution in [3.63, 3.8) is 0 Å². The van der Waals surface area contributed by atoms with Crippen molar-refractivity contribution in [3.8, 4) is 0 Å². The van der Waals surface area contributed by atoms with Gasteiger partial charge in [-0.15, -0.1) is 0 Å². The summed E-state index contributed by atoms with van der Waals surface area (Å²) in [5.41, 5.74) is 0. The van der Waals surface area contributed by atoms with E-state index in [1.807, 2.05) is 6.92 Å². The summed E-state index contributed by atoms with van der Waals surface area (Å²) < 4.78 is 0. The Hall–Kier alpha value is -1.06. The topological polar surface area (TPSA) is 49.4 Å². The van der Waals surface area contributed by atoms with Crippen molar-refractivity contribution in [1.82, 2.24) is 10.2 Å². The molecule has 1 atom stereocenters. The van der Waals surface area contributed by atoms with E-state index in [-0.39, 0.29) is 12.6 Å². The Morgan fingerprint density at radius 1 is 1.82 bits per heavy atom. The third-order valence-electron chi connectivity index (χ3n) is 1.72. The minimum atomic E-state index is -0.129. The molecular weight excluding hydrogens is 144 g/mol. The van der Waals surface area contributed by atoms with Crippen LogP contribution in [0.15, 0.2) is 0 Å². The Morgan fingerprint density at radius 3 is 3.18 bits per heavy atom. The summed E-state index contributed by atoms with van der Waals surface area (Å²) in [4.78, 5) is 22.6. The molecule has 11 heavy (non-hydrogen) atoms. The fourth-order valence-electron chi connectivity index (χ4n) is 1.14. The number of urea groups is 1. The second-order valence-electron chi connectivity index (χ2n) is 2.86. The van der Waals surface area contributed by atoms with Crippen LogP contribution in [0, 0.1) is 5.92 Å². The first kappa shape index (κ1) is 8.04. The summed E-state index contributed by atoms with van der Waals surface area (Å²) in [5, 5.41) is 2.69. The SMILES string of the molecule is CC1CNC(=O)N(CC=O)C1. The van der Waals surface area contributed by atoms with Gasteiger partial charge in [0.2, 0.25) is 0 Å². The van der Waals surface area contributed by atoms with Gasteiger partial charge in [0.25, 0.3) is 0 Å². The molecule has 1 unspecified atom stereocenters. The maximum absolute atomic E-state index is 11.0. The maximum Gasteiger partial charge on any atom is 0.317 e. The molecule has 1 aliphatic heterocycles. The van der Waals surface area contributed by atoms with Crippen molar-refractivity contribution in [1.29, 1.82) is 0 Å². The molecule has 1 heterocycles. The van der Waals surface area contributed by atoms with Crippen molar-refractivity contribution in [3.05, 3.63) is 0 Å². The highest BCUT2D eigenvalue weighted by Gasteiger charge is 2.21. The molecule has 4 heteroatoms. The van der Waals surface area contributed by atoms with E-state index >= 15 is 0 Å². The van der Waals surface area contributed by atoms with Gasteiger partial charge in [0.15, 0.2) is 0 Å². The number of carbonyl (C=O) groups is 2. The molecule has 1 N–H and O–H groups in total. The molecule has 1 rings (SSSR count). The van der Waals surface area contributed by atoms with E-state index in [0.29, 0.717) is 19.0 Å². The van der Waals surface area contributed by atoms with Crippen molar-refractivity contribution in [2.45, 2.75) is 6.92 Å². The third-order valence-corrected chi connectivity index (χ3v) is 1.72. The van der Waals surface area contributed by atoms with Crippen LogP contribution in [0.5, 0.6) is 0 Å². The highest BCUT2D eigenvalue weighted by molar-refractivity contribution is 5.77. The Bertz CT molecular complexity index is 170. The average molecular weight is 156 g/mol. The zero-order valence-corrected chi connectivity index (χ0v) is 6.54. The first-order chi connectivity index (χ1) is 5.24. The molecule has 0 aromatic carbocycles. The number of nitrogens with one attached hydrogen (secondary N) is 1. The number of rotatable bonds is 2. The quantitative estimate of drug-likeness (QED) is 0.565. The molecule has 4 nitrogen and oxygen atoms in total. The van der Waals surface area contributed by atoms with E-state index in [4.69, 9.17) is 0 Å². The van der Waals surface area contributed by atoms with Gasteiger partial charge in [-0.05, 0) is 5.92 Å². The second kappa shape index (κ2) is 3.37. The molecule has 62 valence electrons. The fraction of sp³-hybridized carbons (Fsp3) is 0.714. The molecule has 0 bridgehead atoms. The molecule has 0 radical (unpaired) electrons. The molecule has 1 saturated heterocycles. The van der Waals surface area contributed by atoms with Gasteiger partial charge in [-0.25, -0.2) is 4.79 Å². The normalized spacial score (nSPS) is 24.6. The number of hydrogen-bond acceptors (Lipinski definition) is 2. The van der Waals surface area contributed by atoms with Crippen LogP contribution < -0.4 is 5.32 Å². The number of amides is 2. The predicted octanol–water partition coefficient (Wildman–Crippen LogP) is -0.153. The predicted molar refractivity (Wildman–Crippen MR) is 40.2 cm³/mol. The van der Waals surface area contributed by atoms with Crippen LogP contribution in [0.25, 0.3) is 0 Å². The molecule has 1 fully saturated rings. The number of aldehydes is 1. The third kappa shape index (κ3) is 1.93. The Labute approximate surface area is 65.6 Å². The van der Waals surface area contributed by atoms with E-state index in [0.717, 1.165) is 6.29 Å². The summed E-state index contributed by atoms with van der Waals surface area (Å²) in [6, 6.07) is -0.129. The Kier molecular flexibility index (Phi) is 2.46. The standard InChI is InChI=1S/C7H12N2O2/c1-6-4-8-7(11)9(5-6)2-3-10/h3,6H,2,4-5H2,1H3,(H,8,11). The van der Waals surface area contributed by atoms with E-state index in [9.17, 15) is 9.59 Å². The molecule has 0 saturated carbocycles. The van der Waals surface area contributed by atoms with Gasteiger partial charge in [0.05, 0.1) is 6.54 Å². The smallest absolute Gasteiger partial charge is 0.317 e. The van der Waals surface area contributed by atoms with Crippen LogP contribution >= 0.6 is 0 Å². The van der Waals surface area contributed by atoms with Crippen LogP contribution in [0.3, 0.4) is 0 Å². The van der Waals surface area contributed by atoms with Crippen molar-refractivity contribution >= 4 is 12.3 Å². The fourth-order valence-corrected chi connectivity index (χ4v) is 1.14. The van der Waals surface area contributed by atoms with Gasteiger partial charge < -0.3 is 15.0 Å². The lowest BCUT2D eigenvalue weighted by atomic mass is 10.1. The molecule has 0 aliphatic carbocycles. The summed E-state index contributed by atoms with van der Waals surface area (Å²) in [7, 11) is 0. The summed E-state index contributed by atoms with van der Waals surface area (Å²) in [5.74, 6) is 0.438. The molecule has 0 aromatic heterocycles. The summed E-state index contributed by atoms with van der Waals surface area (Å²) >= 11 is 0. The van der Waals surface area contributed by atoms with Gasteiger partial charge in [0.1, 0.15) is 6.29 Å². The summed E-state index contributed by atoms with van der Waals surface area (Å²) in [6.07, 6.45) is 0.748. The number of carbonyl (C=O) groups excluding carboxylic acids is 2. The number of hydrogen-bond donors (Lipinski definition) is 1. The first-order valence-corrected chi connectivity index (χ1v) is 3.70. The van der Waals surface area contributed by atoms with Crippen molar-refractivity contribution in [2.24, 2.45) is 5.92 Å². The second-order valence-corrected chi connectivity index (χ2v) is 2.86. The van der Waals surface area contributed by atoms with Gasteiger partial charge in [-0.3, -0.25) is 0 Å². The van der Waals surface area contributed by atoms with Crippen LogP contribution in [-0.2, 0) is 4.79 Å². The monoisotopic (exact) mass is 156 g/mol. The van der Waals surface area contributed by atoms with E-state index in [2.05, 4.69) is 5.32 Å². The Balaban J connectivity index is 2.46. The van der Waals surface area contributed by atoms with E-state index in [1.165, 1.54) is 4.90 Å². The molecule has 0 spiro atoms. The van der Waals surface area contributed by atoms with Crippen LogP contribution in [-0.4, -0.2) is 36.9 Å². The summed E-state index contributed by atoms with van der Waals surface area (Å²) in [6.45, 7) is 3.65. The van der Waals surface area contributed by atoms with Crippen LogP contribution in [0.1, 0.15) is 6.92 Å². The van der Waals surface area contributed by atoms with Crippen LogP contribution in [0.4, 0.5) is 4.79 Å². The lowest BCUT2D eigenvalue weighted by molar-refractivity contribution is -0.108. The first-order valence-electron chi connectivity index (χ1n) is 3.70.